The van der Waals surface area contributed by atoms with Crippen molar-refractivity contribution in [2.75, 3.05) is 51.9 Å². The third-order valence-corrected chi connectivity index (χ3v) is 16.6. The van der Waals surface area contributed by atoms with E-state index in [4.69, 9.17) is 9.47 Å². The van der Waals surface area contributed by atoms with Gasteiger partial charge in [0.05, 0.1) is 44.0 Å². The van der Waals surface area contributed by atoms with Gasteiger partial charge in [0.15, 0.2) is 0 Å². The maximum atomic E-state index is 13.4. The average molecular weight is 818 g/mol. The molecule has 4 aliphatic carbocycles. The molecule has 0 bridgehead atoms. The van der Waals surface area contributed by atoms with Crippen LogP contribution in [-0.2, 0) is 19.1 Å². The van der Waals surface area contributed by atoms with E-state index in [1.54, 1.807) is 18.2 Å². The van der Waals surface area contributed by atoms with E-state index in [0.29, 0.717) is 97.9 Å². The predicted octanol–water partition coefficient (Wildman–Crippen LogP) is 7.60. The Morgan fingerprint density at radius 1 is 0.883 bits per heavy atom. The molecular formula is C49H63N5O6. The second-order valence-corrected chi connectivity index (χ2v) is 19.3. The van der Waals surface area contributed by atoms with Crippen LogP contribution in [0.25, 0.3) is 10.8 Å². The minimum atomic E-state index is -0.775. The standard InChI is InChI=1S/C49H63N5O6/c1-48-19-15-35(29-34(48)11-12-36-39-14-13-38(49(39,2)20-16-40(36)48)32-10-9-31-17-22-50-30-33(31)28-32)53(3)43(55)18-24-59-26-27-60-25-23-51-41-7-4-6-37-44(41)47(58)54(46(37)57)42-8-5-21-52-45(42)56/h4,6-7,9-10,17,22,28,30,34-36,38-40,42,51H,5,8,11-16,18-21,23-27,29H2,1-3H3,(H,52,56)/t34-,35-,36?,38+,39-,40?,42?,48-,49+/m0/s1. The molecule has 4 amide bonds. The van der Waals surface area contributed by atoms with E-state index in [9.17, 15) is 19.2 Å². The van der Waals surface area contributed by atoms with E-state index in [2.05, 4.69) is 53.7 Å². The van der Waals surface area contributed by atoms with E-state index < -0.39 is 17.9 Å². The summed E-state index contributed by atoms with van der Waals surface area (Å²) in [5.41, 5.74) is 3.42. The van der Waals surface area contributed by atoms with Crippen LogP contribution in [0.2, 0.25) is 0 Å². The number of carbonyl (C=O) groups is 4. The van der Waals surface area contributed by atoms with Gasteiger partial charge in [0.2, 0.25) is 11.8 Å². The number of amides is 4. The lowest BCUT2D eigenvalue weighted by Crippen LogP contribution is -2.55. The van der Waals surface area contributed by atoms with E-state index in [0.717, 1.165) is 41.9 Å². The molecule has 2 N–H and O–H groups in total. The van der Waals surface area contributed by atoms with E-state index in [1.165, 1.54) is 61.3 Å². The molecule has 5 fully saturated rings. The molecule has 11 heteroatoms. The minimum absolute atomic E-state index is 0.156. The van der Waals surface area contributed by atoms with Crippen molar-refractivity contribution in [2.24, 2.45) is 34.5 Å². The third kappa shape index (κ3) is 7.31. The van der Waals surface area contributed by atoms with Crippen LogP contribution in [-0.4, -0.2) is 97.1 Å². The van der Waals surface area contributed by atoms with Crippen molar-refractivity contribution >= 4 is 40.1 Å². The summed E-state index contributed by atoms with van der Waals surface area (Å²) in [6, 6.07) is 13.9. The summed E-state index contributed by atoms with van der Waals surface area (Å²) in [7, 11) is 2.00. The molecule has 9 atom stereocenters. The zero-order valence-electron chi connectivity index (χ0n) is 35.8. The van der Waals surface area contributed by atoms with Gasteiger partial charge in [-0.1, -0.05) is 32.0 Å². The lowest BCUT2D eigenvalue weighted by Gasteiger charge is -2.61. The fourth-order valence-electron chi connectivity index (χ4n) is 13.3. The number of imide groups is 1. The number of piperidine rings is 1. The molecule has 9 rings (SSSR count). The zero-order valence-corrected chi connectivity index (χ0v) is 35.8. The maximum absolute atomic E-state index is 13.4. The molecule has 2 aliphatic heterocycles. The Labute approximate surface area is 354 Å². The van der Waals surface area contributed by atoms with Crippen LogP contribution in [0, 0.1) is 34.5 Å². The highest BCUT2D eigenvalue weighted by Gasteiger charge is 2.60. The third-order valence-electron chi connectivity index (χ3n) is 16.6. The lowest BCUT2D eigenvalue weighted by molar-refractivity contribution is -0.140. The summed E-state index contributed by atoms with van der Waals surface area (Å²) in [6.07, 6.45) is 16.8. The van der Waals surface area contributed by atoms with Gasteiger partial charge in [0, 0.05) is 49.6 Å². The van der Waals surface area contributed by atoms with E-state index in [-0.39, 0.29) is 11.8 Å². The molecule has 0 spiro atoms. The van der Waals surface area contributed by atoms with E-state index in [1.807, 2.05) is 24.3 Å². The van der Waals surface area contributed by atoms with Gasteiger partial charge in [-0.3, -0.25) is 29.1 Å². The summed E-state index contributed by atoms with van der Waals surface area (Å²) in [4.78, 5) is 59.8. The highest BCUT2D eigenvalue weighted by Crippen LogP contribution is 2.69. The van der Waals surface area contributed by atoms with Crippen molar-refractivity contribution < 1.29 is 28.7 Å². The van der Waals surface area contributed by atoms with Gasteiger partial charge >= 0.3 is 0 Å². The van der Waals surface area contributed by atoms with E-state index >= 15 is 0 Å². The quantitative estimate of drug-likeness (QED) is 0.133. The molecule has 6 aliphatic rings. The first-order valence-electron chi connectivity index (χ1n) is 22.9. The van der Waals surface area contributed by atoms with Gasteiger partial charge in [-0.25, -0.2) is 0 Å². The molecule has 11 nitrogen and oxygen atoms in total. The van der Waals surface area contributed by atoms with Crippen LogP contribution in [0.5, 0.6) is 0 Å². The number of hydrogen-bond acceptors (Lipinski definition) is 8. The number of nitrogens with one attached hydrogen (secondary N) is 2. The molecule has 1 aromatic heterocycles. The van der Waals surface area contributed by atoms with Crippen LogP contribution in [0.3, 0.4) is 0 Å². The average Bonchev–Trinajstić information content (AvgIpc) is 3.75. The minimum Gasteiger partial charge on any atom is -0.382 e. The second kappa shape index (κ2) is 16.8. The number of hydrogen-bond donors (Lipinski definition) is 2. The van der Waals surface area contributed by atoms with Gasteiger partial charge in [-0.2, -0.15) is 0 Å². The van der Waals surface area contributed by atoms with Crippen molar-refractivity contribution in [2.45, 2.75) is 109 Å². The van der Waals surface area contributed by atoms with Crippen molar-refractivity contribution in [1.82, 2.24) is 20.1 Å². The molecule has 320 valence electrons. The Bertz CT molecular complexity index is 2130. The highest BCUT2D eigenvalue weighted by molar-refractivity contribution is 6.25. The second-order valence-electron chi connectivity index (χ2n) is 19.3. The number of rotatable bonds is 13. The SMILES string of the molecule is CN(C(=O)CCOCCOCCNc1cccc2c1C(=O)N(C1CCCNC1=O)C2=O)[C@H]1CC[C@]2(C)C3CC[C@]4(C)[C@@H](c5ccc6ccncc6c5)CC[C@H]4C3CC[C@H]2C1. The van der Waals surface area contributed by atoms with Gasteiger partial charge in [0.25, 0.3) is 11.8 Å². The first-order valence-corrected chi connectivity index (χ1v) is 22.9. The van der Waals surface area contributed by atoms with Gasteiger partial charge in [-0.05, 0) is 146 Å². The van der Waals surface area contributed by atoms with Crippen molar-refractivity contribution in [3.63, 3.8) is 0 Å². The lowest BCUT2D eigenvalue weighted by atomic mass is 9.44. The van der Waals surface area contributed by atoms with Crippen LogP contribution >= 0.6 is 0 Å². The van der Waals surface area contributed by atoms with Gasteiger partial charge < -0.3 is 25.0 Å². The van der Waals surface area contributed by atoms with Gasteiger partial charge in [0.1, 0.15) is 6.04 Å². The first-order chi connectivity index (χ1) is 29.1. The molecule has 3 heterocycles. The fourth-order valence-corrected chi connectivity index (χ4v) is 13.3. The van der Waals surface area contributed by atoms with Crippen LogP contribution in [0.1, 0.15) is 123 Å². The number of fused-ring (bicyclic) bond motifs is 7. The summed E-state index contributed by atoms with van der Waals surface area (Å²) in [6.45, 7) is 7.74. The Balaban J connectivity index is 0.691. The molecule has 1 saturated heterocycles. The monoisotopic (exact) mass is 817 g/mol. The molecule has 3 unspecified atom stereocenters. The van der Waals surface area contributed by atoms with Gasteiger partial charge in [-0.15, -0.1) is 0 Å². The predicted molar refractivity (Wildman–Crippen MR) is 230 cm³/mol. The van der Waals surface area contributed by atoms with Crippen LogP contribution in [0.4, 0.5) is 5.69 Å². The molecule has 2 aromatic carbocycles. The maximum Gasteiger partial charge on any atom is 0.264 e. The van der Waals surface area contributed by atoms with Crippen molar-refractivity contribution in [3.8, 4) is 0 Å². The molecule has 4 saturated carbocycles. The molecule has 0 radical (unpaired) electrons. The van der Waals surface area contributed by atoms with Crippen molar-refractivity contribution in [1.29, 1.82) is 0 Å². The van der Waals surface area contributed by atoms with Crippen LogP contribution < -0.4 is 10.6 Å². The number of aromatic nitrogens is 1. The molecular weight excluding hydrogens is 755 g/mol. The number of anilines is 1. The number of pyridine rings is 1. The zero-order chi connectivity index (χ0) is 41.6. The van der Waals surface area contributed by atoms with Crippen LogP contribution in [0.15, 0.2) is 54.9 Å². The first kappa shape index (κ1) is 41.0. The number of carbonyl (C=O) groups excluding carboxylic acids is 4. The smallest absolute Gasteiger partial charge is 0.264 e. The summed E-state index contributed by atoms with van der Waals surface area (Å²) >= 11 is 0. The molecule has 60 heavy (non-hydrogen) atoms. The summed E-state index contributed by atoms with van der Waals surface area (Å²) in [5.74, 6) is 2.72. The summed E-state index contributed by atoms with van der Waals surface area (Å²) in [5, 5.41) is 8.53. The Morgan fingerprint density at radius 3 is 2.55 bits per heavy atom. The Morgan fingerprint density at radius 2 is 1.70 bits per heavy atom. The summed E-state index contributed by atoms with van der Waals surface area (Å²) < 4.78 is 11.6. The Kier molecular flexibility index (Phi) is 11.5. The normalized spacial score (nSPS) is 32.2. The number of benzene rings is 2. The van der Waals surface area contributed by atoms with Crippen molar-refractivity contribution in [3.05, 3.63) is 71.5 Å². The Hall–Kier alpha value is -4.35. The fraction of sp³-hybridized carbons (Fsp3) is 0.612. The largest absolute Gasteiger partial charge is 0.382 e. The topological polar surface area (TPSA) is 130 Å². The molecule has 3 aromatic rings. The number of ether oxygens (including phenoxy) is 2. The highest BCUT2D eigenvalue weighted by atomic mass is 16.5. The number of nitrogens with zero attached hydrogens (tertiary/aromatic N) is 3.